The van der Waals surface area contributed by atoms with Gasteiger partial charge in [-0.3, -0.25) is 0 Å². The molecule has 1 aromatic heterocycles. The lowest BCUT2D eigenvalue weighted by atomic mass is 10.1. The third-order valence-corrected chi connectivity index (χ3v) is 7.05. The van der Waals surface area contributed by atoms with Crippen molar-refractivity contribution in [1.29, 1.82) is 0 Å². The van der Waals surface area contributed by atoms with Crippen LogP contribution in [-0.2, 0) is 13.3 Å². The van der Waals surface area contributed by atoms with Crippen molar-refractivity contribution >= 4 is 20.7 Å². The fraction of sp³-hybridized carbons (Fsp3) is 0.850. The largest absolute Gasteiger partial charge is 0.521 e. The molecule has 30 heavy (non-hydrogen) atoms. The third-order valence-electron chi connectivity index (χ3n) is 4.26. The number of nitrogens with zero attached hydrogens (tertiary/aromatic N) is 3. The zero-order valence-corrected chi connectivity index (χ0v) is 20.5. The minimum Gasteiger partial charge on any atom is -0.464 e. The second-order valence-electron chi connectivity index (χ2n) is 6.73. The van der Waals surface area contributed by atoms with Crippen molar-refractivity contribution in [3.05, 3.63) is 0 Å². The van der Waals surface area contributed by atoms with E-state index in [1.165, 1.54) is 32.1 Å². The molecule has 0 saturated carbocycles. The number of ether oxygens (including phenoxy) is 1. The third kappa shape index (κ3) is 10.5. The van der Waals surface area contributed by atoms with Gasteiger partial charge in [-0.15, -0.1) is 0 Å². The Morgan fingerprint density at radius 1 is 0.667 bits per heavy atom. The van der Waals surface area contributed by atoms with Crippen LogP contribution < -0.4 is 15.4 Å². The summed E-state index contributed by atoms with van der Waals surface area (Å²) >= 11 is 0. The highest BCUT2D eigenvalue weighted by Crippen LogP contribution is 2.15. The maximum absolute atomic E-state index is 5.87. The van der Waals surface area contributed by atoms with Gasteiger partial charge in [-0.25, -0.2) is 0 Å². The van der Waals surface area contributed by atoms with Gasteiger partial charge in [-0.2, -0.15) is 15.0 Å². The highest BCUT2D eigenvalue weighted by Gasteiger charge is 2.40. The van der Waals surface area contributed by atoms with Gasteiger partial charge in [-0.1, -0.05) is 39.0 Å². The number of hydrogen-bond donors (Lipinski definition) is 2. The van der Waals surface area contributed by atoms with E-state index in [4.69, 9.17) is 18.0 Å². The van der Waals surface area contributed by atoms with Crippen molar-refractivity contribution in [2.75, 3.05) is 49.8 Å². The van der Waals surface area contributed by atoms with Crippen LogP contribution >= 0.6 is 0 Å². The first-order valence-electron chi connectivity index (χ1n) is 11.4. The molecule has 0 radical (unpaired) electrons. The zero-order chi connectivity index (χ0) is 22.1. The van der Waals surface area contributed by atoms with Crippen LogP contribution in [-0.4, -0.2) is 62.9 Å². The van der Waals surface area contributed by atoms with Crippen LogP contribution in [0.1, 0.15) is 73.1 Å². The second-order valence-corrected chi connectivity index (χ2v) is 9.31. The number of hydrogen-bond acceptors (Lipinski definition) is 9. The molecule has 0 aromatic carbocycles. The summed E-state index contributed by atoms with van der Waals surface area (Å²) in [6.45, 7) is 12.8. The van der Waals surface area contributed by atoms with Gasteiger partial charge in [0, 0.05) is 26.4 Å². The summed E-state index contributed by atoms with van der Waals surface area (Å²) in [5, 5.41) is 6.49. The van der Waals surface area contributed by atoms with Crippen molar-refractivity contribution in [3.8, 4) is 6.01 Å². The minimum absolute atomic E-state index is 0.289. The average molecular weight is 444 g/mol. The van der Waals surface area contributed by atoms with Gasteiger partial charge in [-0.05, 0) is 34.1 Å². The van der Waals surface area contributed by atoms with E-state index >= 15 is 0 Å². The molecule has 0 unspecified atom stereocenters. The van der Waals surface area contributed by atoms with Gasteiger partial charge in [0.2, 0.25) is 11.9 Å². The number of anilines is 2. The topological polar surface area (TPSA) is 99.7 Å². The molecule has 0 atom stereocenters. The standard InChI is InChI=1S/C20H41N5O4Si/c1-6-11-12-13-14-15-16-21-18-23-19(25-20(24-18)26-7-2)22-17-30(27-8-3,28-9-4)29-10-5/h6-17H2,1-5H3,(H2,21,22,23,24,25). The van der Waals surface area contributed by atoms with Crippen LogP contribution in [0.15, 0.2) is 0 Å². The molecule has 0 bridgehead atoms. The maximum Gasteiger partial charge on any atom is 0.521 e. The lowest BCUT2D eigenvalue weighted by Gasteiger charge is -2.28. The summed E-state index contributed by atoms with van der Waals surface area (Å²) in [7, 11) is -2.85. The fourth-order valence-corrected chi connectivity index (χ4v) is 5.19. The molecule has 0 spiro atoms. The predicted octanol–water partition coefficient (Wildman–Crippen LogP) is 4.04. The number of rotatable bonds is 19. The van der Waals surface area contributed by atoms with Gasteiger partial charge in [0.15, 0.2) is 0 Å². The van der Waals surface area contributed by atoms with Gasteiger partial charge in [0.05, 0.1) is 12.8 Å². The molecule has 174 valence electrons. The van der Waals surface area contributed by atoms with Crippen molar-refractivity contribution in [3.63, 3.8) is 0 Å². The molecule has 0 fully saturated rings. The predicted molar refractivity (Wildman–Crippen MR) is 122 cm³/mol. The van der Waals surface area contributed by atoms with Crippen LogP contribution in [0.3, 0.4) is 0 Å². The van der Waals surface area contributed by atoms with Crippen LogP contribution in [0.5, 0.6) is 6.01 Å². The van der Waals surface area contributed by atoms with E-state index in [1.807, 2.05) is 27.7 Å². The minimum atomic E-state index is -2.85. The number of unbranched alkanes of at least 4 members (excludes halogenated alkanes) is 5. The summed E-state index contributed by atoms with van der Waals surface area (Å²) < 4.78 is 23.1. The Balaban J connectivity index is 2.72. The molecular weight excluding hydrogens is 402 g/mol. The molecule has 0 aliphatic rings. The Morgan fingerprint density at radius 3 is 1.80 bits per heavy atom. The molecule has 0 saturated heterocycles. The molecule has 2 N–H and O–H groups in total. The van der Waals surface area contributed by atoms with Crippen molar-refractivity contribution < 1.29 is 18.0 Å². The van der Waals surface area contributed by atoms with E-state index in [2.05, 4.69) is 32.5 Å². The molecule has 1 aromatic rings. The highest BCUT2D eigenvalue weighted by molar-refractivity contribution is 6.61. The quantitative estimate of drug-likeness (QED) is 0.242. The number of aromatic nitrogens is 3. The summed E-state index contributed by atoms with van der Waals surface area (Å²) in [5.74, 6) is 0.913. The summed E-state index contributed by atoms with van der Waals surface area (Å²) in [6.07, 6.45) is 7.79. The molecule has 1 heterocycles. The van der Waals surface area contributed by atoms with Gasteiger partial charge in [0.25, 0.3) is 0 Å². The molecular formula is C20H41N5O4Si. The average Bonchev–Trinajstić information content (AvgIpc) is 2.72. The zero-order valence-electron chi connectivity index (χ0n) is 19.5. The van der Waals surface area contributed by atoms with Crippen LogP contribution in [0.2, 0.25) is 0 Å². The highest BCUT2D eigenvalue weighted by atomic mass is 28.4. The molecule has 9 nitrogen and oxygen atoms in total. The number of nitrogens with one attached hydrogen (secondary N) is 2. The van der Waals surface area contributed by atoms with E-state index in [9.17, 15) is 0 Å². The van der Waals surface area contributed by atoms with Gasteiger partial charge >= 0.3 is 14.8 Å². The van der Waals surface area contributed by atoms with Crippen molar-refractivity contribution in [2.45, 2.75) is 73.1 Å². The van der Waals surface area contributed by atoms with E-state index in [-0.39, 0.29) is 6.01 Å². The Labute approximate surface area is 183 Å². The summed E-state index contributed by atoms with van der Waals surface area (Å²) in [5.41, 5.74) is 0. The normalized spacial score (nSPS) is 11.5. The fourth-order valence-electron chi connectivity index (χ4n) is 2.94. The van der Waals surface area contributed by atoms with Gasteiger partial charge < -0.3 is 28.6 Å². The van der Waals surface area contributed by atoms with Crippen molar-refractivity contribution in [1.82, 2.24) is 15.0 Å². The smallest absolute Gasteiger partial charge is 0.464 e. The van der Waals surface area contributed by atoms with Crippen LogP contribution in [0.25, 0.3) is 0 Å². The van der Waals surface area contributed by atoms with Crippen molar-refractivity contribution in [2.24, 2.45) is 0 Å². The van der Waals surface area contributed by atoms with E-state index in [0.29, 0.717) is 44.5 Å². The first-order chi connectivity index (χ1) is 14.6. The Morgan fingerprint density at radius 2 is 1.23 bits per heavy atom. The lowest BCUT2D eigenvalue weighted by Crippen LogP contribution is -2.52. The Kier molecular flexibility index (Phi) is 14.4. The van der Waals surface area contributed by atoms with Crippen LogP contribution in [0, 0.1) is 0 Å². The lowest BCUT2D eigenvalue weighted by molar-refractivity contribution is 0.0740. The van der Waals surface area contributed by atoms with E-state index in [0.717, 1.165) is 13.0 Å². The van der Waals surface area contributed by atoms with Gasteiger partial charge in [0.1, 0.15) is 0 Å². The summed E-state index contributed by atoms with van der Waals surface area (Å²) in [6, 6.07) is 0.289. The molecule has 10 heteroatoms. The molecule has 0 amide bonds. The SMILES string of the molecule is CCCCCCCCNc1nc(NC[Si](OCC)(OCC)OCC)nc(OCC)n1. The Bertz CT molecular complexity index is 551. The second kappa shape index (κ2) is 16.2. The molecule has 0 aliphatic heterocycles. The summed E-state index contributed by atoms with van der Waals surface area (Å²) in [4.78, 5) is 13.2. The monoisotopic (exact) mass is 443 g/mol. The molecule has 0 aliphatic carbocycles. The maximum atomic E-state index is 5.87. The van der Waals surface area contributed by atoms with E-state index < -0.39 is 8.80 Å². The first kappa shape index (κ1) is 26.5. The molecule has 1 rings (SSSR count). The van der Waals surface area contributed by atoms with E-state index in [1.54, 1.807) is 0 Å². The van der Waals surface area contributed by atoms with Crippen LogP contribution in [0.4, 0.5) is 11.9 Å². The first-order valence-corrected chi connectivity index (χ1v) is 13.3. The Hall–Kier alpha value is -1.49.